The van der Waals surface area contributed by atoms with Crippen LogP contribution in [0.3, 0.4) is 0 Å². The Balaban J connectivity index is 1.73. The lowest BCUT2D eigenvalue weighted by molar-refractivity contribution is 0.0950. The van der Waals surface area contributed by atoms with Gasteiger partial charge in [-0.15, -0.1) is 0 Å². The van der Waals surface area contributed by atoms with Gasteiger partial charge in [0.2, 0.25) is 0 Å². The van der Waals surface area contributed by atoms with Crippen LogP contribution in [0, 0.1) is 13.8 Å². The molecule has 0 aliphatic rings. The number of benzene rings is 1. The third-order valence-corrected chi connectivity index (χ3v) is 3.33. The van der Waals surface area contributed by atoms with E-state index in [-0.39, 0.29) is 5.91 Å². The quantitative estimate of drug-likeness (QED) is 0.801. The van der Waals surface area contributed by atoms with E-state index in [9.17, 15) is 4.79 Å². The van der Waals surface area contributed by atoms with Crippen LogP contribution in [0.2, 0.25) is 0 Å². The molecule has 2 heterocycles. The smallest absolute Gasteiger partial charge is 0.251 e. The molecule has 1 amide bonds. The molecule has 0 fully saturated rings. The number of pyridine rings is 1. The van der Waals surface area contributed by atoms with Crippen LogP contribution in [0.15, 0.2) is 48.7 Å². The van der Waals surface area contributed by atoms with Gasteiger partial charge in [0.25, 0.3) is 5.91 Å². The van der Waals surface area contributed by atoms with Gasteiger partial charge in [0, 0.05) is 11.8 Å². The van der Waals surface area contributed by atoms with Gasteiger partial charge in [0.15, 0.2) is 0 Å². The van der Waals surface area contributed by atoms with Crippen molar-refractivity contribution in [2.24, 2.45) is 0 Å². The Labute approximate surface area is 123 Å². The summed E-state index contributed by atoms with van der Waals surface area (Å²) in [5.74, 6) is -0.0705. The van der Waals surface area contributed by atoms with Crippen molar-refractivity contribution in [2.75, 3.05) is 0 Å². The summed E-state index contributed by atoms with van der Waals surface area (Å²) in [5.41, 5.74) is 4.74. The molecule has 0 saturated carbocycles. The Bertz CT molecular complexity index is 751. The van der Waals surface area contributed by atoms with Crippen molar-refractivity contribution in [3.8, 4) is 0 Å². The second-order valence-electron chi connectivity index (χ2n) is 5.26. The zero-order valence-electron chi connectivity index (χ0n) is 12.1. The van der Waals surface area contributed by atoms with E-state index in [0.29, 0.717) is 12.1 Å². The first-order valence-electron chi connectivity index (χ1n) is 6.91. The molecular weight excluding hydrogens is 262 g/mol. The average Bonchev–Trinajstić information content (AvgIpc) is 2.86. The molecular formula is C17H17N3O. The molecule has 4 heteroatoms. The molecule has 0 radical (unpaired) electrons. The first-order chi connectivity index (χ1) is 10.1. The minimum atomic E-state index is -0.0705. The Morgan fingerprint density at radius 1 is 1.14 bits per heavy atom. The molecule has 1 N–H and O–H groups in total. The summed E-state index contributed by atoms with van der Waals surface area (Å²) in [7, 11) is 0. The van der Waals surface area contributed by atoms with Crippen LogP contribution in [0.25, 0.3) is 5.52 Å². The van der Waals surface area contributed by atoms with Gasteiger partial charge in [-0.05, 0) is 44.2 Å². The molecule has 3 rings (SSSR count). The van der Waals surface area contributed by atoms with E-state index in [2.05, 4.69) is 16.5 Å². The summed E-state index contributed by atoms with van der Waals surface area (Å²) < 4.78 is 1.80. The second-order valence-corrected chi connectivity index (χ2v) is 5.26. The number of aromatic nitrogens is 2. The first kappa shape index (κ1) is 13.4. The molecule has 0 saturated heterocycles. The number of carbonyl (C=O) groups excluding carboxylic acids is 1. The molecule has 1 aromatic carbocycles. The van der Waals surface area contributed by atoms with Crippen molar-refractivity contribution >= 4 is 11.4 Å². The topological polar surface area (TPSA) is 46.4 Å². The van der Waals surface area contributed by atoms with E-state index in [1.807, 2.05) is 56.4 Å². The molecule has 0 unspecified atom stereocenters. The zero-order valence-corrected chi connectivity index (χ0v) is 12.1. The van der Waals surface area contributed by atoms with Gasteiger partial charge in [0.1, 0.15) is 0 Å². The number of nitrogens with one attached hydrogen (secondary N) is 1. The Morgan fingerprint density at radius 2 is 1.90 bits per heavy atom. The number of aryl methyl sites for hydroxylation is 2. The monoisotopic (exact) mass is 279 g/mol. The second kappa shape index (κ2) is 5.40. The van der Waals surface area contributed by atoms with Crippen LogP contribution in [0.5, 0.6) is 0 Å². The highest BCUT2D eigenvalue weighted by Gasteiger charge is 2.08. The van der Waals surface area contributed by atoms with Crippen molar-refractivity contribution < 1.29 is 4.79 Å². The van der Waals surface area contributed by atoms with E-state index in [0.717, 1.165) is 22.3 Å². The molecule has 21 heavy (non-hydrogen) atoms. The third kappa shape index (κ3) is 2.94. The predicted molar refractivity (Wildman–Crippen MR) is 82.3 cm³/mol. The fourth-order valence-corrected chi connectivity index (χ4v) is 2.46. The summed E-state index contributed by atoms with van der Waals surface area (Å²) in [6, 6.07) is 13.7. The summed E-state index contributed by atoms with van der Waals surface area (Å²) in [5, 5.41) is 7.33. The largest absolute Gasteiger partial charge is 0.346 e. The highest BCUT2D eigenvalue weighted by Crippen LogP contribution is 2.10. The minimum absolute atomic E-state index is 0.0705. The lowest BCUT2D eigenvalue weighted by Gasteiger charge is -2.05. The molecule has 3 aromatic rings. The average molecular weight is 279 g/mol. The summed E-state index contributed by atoms with van der Waals surface area (Å²) in [6.45, 7) is 4.41. The van der Waals surface area contributed by atoms with Crippen molar-refractivity contribution in [1.82, 2.24) is 14.9 Å². The number of rotatable bonds is 3. The molecule has 4 nitrogen and oxygen atoms in total. The number of carbonyl (C=O) groups is 1. The number of hydrogen-bond acceptors (Lipinski definition) is 2. The van der Waals surface area contributed by atoms with E-state index in [1.165, 1.54) is 0 Å². The van der Waals surface area contributed by atoms with Gasteiger partial charge < -0.3 is 5.32 Å². The van der Waals surface area contributed by atoms with E-state index < -0.39 is 0 Å². The van der Waals surface area contributed by atoms with Crippen LogP contribution in [-0.2, 0) is 6.54 Å². The van der Waals surface area contributed by atoms with Crippen LogP contribution in [0.1, 0.15) is 27.2 Å². The van der Waals surface area contributed by atoms with Gasteiger partial charge >= 0.3 is 0 Å². The summed E-state index contributed by atoms with van der Waals surface area (Å²) in [6.07, 6.45) is 1.89. The van der Waals surface area contributed by atoms with Crippen molar-refractivity contribution in [2.45, 2.75) is 20.4 Å². The van der Waals surface area contributed by atoms with E-state index in [1.54, 1.807) is 4.52 Å². The van der Waals surface area contributed by atoms with Crippen molar-refractivity contribution in [3.05, 3.63) is 71.0 Å². The Kier molecular flexibility index (Phi) is 3.44. The SMILES string of the molecule is Cc1cc(C)cc(C(=O)NCc2cc3ccccn3n2)c1. The van der Waals surface area contributed by atoms with Gasteiger partial charge in [0.05, 0.1) is 17.8 Å². The maximum absolute atomic E-state index is 12.2. The number of hydrogen-bond donors (Lipinski definition) is 1. The summed E-state index contributed by atoms with van der Waals surface area (Å²) >= 11 is 0. The first-order valence-corrected chi connectivity index (χ1v) is 6.91. The zero-order chi connectivity index (χ0) is 14.8. The predicted octanol–water partition coefficient (Wildman–Crippen LogP) is 2.88. The molecule has 0 spiro atoms. The standard InChI is InChI=1S/C17H17N3O/c1-12-7-13(2)9-14(8-12)17(21)18-11-15-10-16-5-3-4-6-20(16)19-15/h3-10H,11H2,1-2H3,(H,18,21). The Morgan fingerprint density at radius 3 is 2.62 bits per heavy atom. The molecule has 0 atom stereocenters. The number of fused-ring (bicyclic) bond motifs is 1. The van der Waals surface area contributed by atoms with Crippen LogP contribution in [-0.4, -0.2) is 15.5 Å². The van der Waals surface area contributed by atoms with Gasteiger partial charge in [-0.2, -0.15) is 5.10 Å². The Hall–Kier alpha value is -2.62. The van der Waals surface area contributed by atoms with Gasteiger partial charge in [-0.3, -0.25) is 4.79 Å². The maximum atomic E-state index is 12.2. The van der Waals surface area contributed by atoms with Gasteiger partial charge in [-0.25, -0.2) is 4.52 Å². The number of nitrogens with zero attached hydrogens (tertiary/aromatic N) is 2. The normalized spacial score (nSPS) is 10.8. The maximum Gasteiger partial charge on any atom is 0.251 e. The lowest BCUT2D eigenvalue weighted by Crippen LogP contribution is -2.23. The minimum Gasteiger partial charge on any atom is -0.346 e. The molecule has 0 aliphatic carbocycles. The van der Waals surface area contributed by atoms with E-state index >= 15 is 0 Å². The fraction of sp³-hybridized carbons (Fsp3) is 0.176. The molecule has 0 bridgehead atoms. The highest BCUT2D eigenvalue weighted by atomic mass is 16.1. The highest BCUT2D eigenvalue weighted by molar-refractivity contribution is 5.94. The summed E-state index contributed by atoms with van der Waals surface area (Å²) in [4.78, 5) is 12.2. The lowest BCUT2D eigenvalue weighted by atomic mass is 10.1. The number of amides is 1. The van der Waals surface area contributed by atoms with Crippen LogP contribution < -0.4 is 5.32 Å². The molecule has 0 aliphatic heterocycles. The van der Waals surface area contributed by atoms with Crippen LogP contribution >= 0.6 is 0 Å². The van der Waals surface area contributed by atoms with Crippen molar-refractivity contribution in [1.29, 1.82) is 0 Å². The molecule has 106 valence electrons. The third-order valence-electron chi connectivity index (χ3n) is 3.33. The van der Waals surface area contributed by atoms with E-state index in [4.69, 9.17) is 0 Å². The molecule has 2 aromatic heterocycles. The van der Waals surface area contributed by atoms with Crippen molar-refractivity contribution in [3.63, 3.8) is 0 Å². The fourth-order valence-electron chi connectivity index (χ4n) is 2.46. The van der Waals surface area contributed by atoms with Crippen LogP contribution in [0.4, 0.5) is 0 Å². The van der Waals surface area contributed by atoms with Gasteiger partial charge in [-0.1, -0.05) is 23.3 Å².